The lowest BCUT2D eigenvalue weighted by molar-refractivity contribution is 0.0690. The van der Waals surface area contributed by atoms with E-state index in [0.717, 1.165) is 25.9 Å². The van der Waals surface area contributed by atoms with Gasteiger partial charge in [-0.25, -0.2) is 14.6 Å². The summed E-state index contributed by atoms with van der Waals surface area (Å²) in [5, 5.41) is 14.2. The van der Waals surface area contributed by atoms with Crippen LogP contribution >= 0.6 is 0 Å². The molecule has 0 aromatic carbocycles. The molecule has 2 rings (SSSR count). The lowest BCUT2D eigenvalue weighted by Gasteiger charge is -2.29. The summed E-state index contributed by atoms with van der Waals surface area (Å²) >= 11 is 0. The first-order valence-electron chi connectivity index (χ1n) is 6.97. The third-order valence-electron chi connectivity index (χ3n) is 3.51. The second-order valence-electron chi connectivity index (χ2n) is 5.34. The highest BCUT2D eigenvalue weighted by Crippen LogP contribution is 2.14. The largest absolute Gasteiger partial charge is 0.477 e. The fraction of sp³-hybridized carbons (Fsp3) is 0.500. The number of rotatable bonds is 4. The topological polar surface area (TPSA) is 94.6 Å². The Balaban J connectivity index is 1.77. The Morgan fingerprint density at radius 2 is 2.29 bits per heavy atom. The minimum atomic E-state index is -1.09. The first kappa shape index (κ1) is 15.2. The number of pyridine rings is 1. The number of piperidine rings is 1. The number of carbonyl (C=O) groups excluding carboxylic acids is 1. The van der Waals surface area contributed by atoms with Gasteiger partial charge in [-0.3, -0.25) is 0 Å². The maximum absolute atomic E-state index is 11.8. The van der Waals surface area contributed by atoms with E-state index in [2.05, 4.69) is 27.6 Å². The van der Waals surface area contributed by atoms with Crippen LogP contribution in [0.25, 0.3) is 0 Å². The number of hydrogen-bond acceptors (Lipinski definition) is 4. The van der Waals surface area contributed by atoms with Crippen LogP contribution in [0.5, 0.6) is 0 Å². The number of nitrogens with one attached hydrogen (secondary N) is 2. The van der Waals surface area contributed by atoms with Crippen molar-refractivity contribution in [1.29, 1.82) is 0 Å². The van der Waals surface area contributed by atoms with Crippen LogP contribution in [-0.2, 0) is 0 Å². The van der Waals surface area contributed by atoms with Crippen LogP contribution in [0.15, 0.2) is 18.3 Å². The molecule has 1 aliphatic rings. The Bertz CT molecular complexity index is 503. The number of carbonyl (C=O) groups is 2. The number of hydrogen-bond donors (Lipinski definition) is 3. The van der Waals surface area contributed by atoms with Gasteiger partial charge in [-0.05, 0) is 44.5 Å². The number of likely N-dealkylation sites (tertiary alicyclic amines) is 1. The monoisotopic (exact) mass is 292 g/mol. The van der Waals surface area contributed by atoms with Crippen molar-refractivity contribution >= 4 is 17.7 Å². The number of carboxylic acids is 1. The molecule has 7 heteroatoms. The summed E-state index contributed by atoms with van der Waals surface area (Å²) in [5.41, 5.74) is 0.421. The molecule has 21 heavy (non-hydrogen) atoms. The molecule has 0 aliphatic carbocycles. The fourth-order valence-electron chi connectivity index (χ4n) is 2.45. The minimum Gasteiger partial charge on any atom is -0.477 e. The highest BCUT2D eigenvalue weighted by molar-refractivity contribution is 5.90. The lowest BCUT2D eigenvalue weighted by Crippen LogP contribution is -2.40. The molecule has 114 valence electrons. The average molecular weight is 292 g/mol. The van der Waals surface area contributed by atoms with Crippen molar-refractivity contribution in [2.45, 2.75) is 12.8 Å². The van der Waals surface area contributed by atoms with Crippen LogP contribution in [-0.4, -0.2) is 53.7 Å². The van der Waals surface area contributed by atoms with E-state index in [9.17, 15) is 9.59 Å². The van der Waals surface area contributed by atoms with Gasteiger partial charge in [0.15, 0.2) is 0 Å². The quantitative estimate of drug-likeness (QED) is 0.776. The van der Waals surface area contributed by atoms with E-state index in [1.54, 1.807) is 0 Å². The average Bonchev–Trinajstić information content (AvgIpc) is 2.46. The second-order valence-corrected chi connectivity index (χ2v) is 5.34. The van der Waals surface area contributed by atoms with E-state index in [4.69, 9.17) is 5.11 Å². The standard InChI is InChI=1S/C14H20N4O3/c1-18-6-2-3-10(9-18)7-16-14(21)17-11-4-5-12(13(19)20)15-8-11/h4-5,8,10H,2-3,6-7,9H2,1H3,(H,19,20)(H2,16,17,21). The van der Waals surface area contributed by atoms with Crippen molar-refractivity contribution in [3.05, 3.63) is 24.0 Å². The van der Waals surface area contributed by atoms with Crippen LogP contribution in [0.2, 0.25) is 0 Å². The van der Waals surface area contributed by atoms with E-state index in [0.29, 0.717) is 18.2 Å². The van der Waals surface area contributed by atoms with Gasteiger partial charge < -0.3 is 20.6 Å². The van der Waals surface area contributed by atoms with Gasteiger partial charge in [0.2, 0.25) is 0 Å². The molecule has 3 N–H and O–H groups in total. The van der Waals surface area contributed by atoms with E-state index in [1.165, 1.54) is 18.3 Å². The third kappa shape index (κ3) is 4.71. The molecule has 1 aromatic rings. The predicted octanol–water partition coefficient (Wildman–Crippen LogP) is 1.24. The molecule has 1 fully saturated rings. The molecule has 0 bridgehead atoms. The number of carboxylic acid groups (broad SMARTS) is 1. The first-order chi connectivity index (χ1) is 10.0. The summed E-state index contributed by atoms with van der Waals surface area (Å²) in [6.45, 7) is 2.75. The third-order valence-corrected chi connectivity index (χ3v) is 3.51. The van der Waals surface area contributed by atoms with Crippen molar-refractivity contribution in [3.63, 3.8) is 0 Å². The number of amides is 2. The van der Waals surface area contributed by atoms with Gasteiger partial charge in [-0.2, -0.15) is 0 Å². The number of aromatic carboxylic acids is 1. The van der Waals surface area contributed by atoms with Crippen LogP contribution in [0.4, 0.5) is 10.5 Å². The summed E-state index contributed by atoms with van der Waals surface area (Å²) in [6.07, 6.45) is 3.61. The van der Waals surface area contributed by atoms with Crippen molar-refractivity contribution in [3.8, 4) is 0 Å². The SMILES string of the molecule is CN1CCCC(CNC(=O)Nc2ccc(C(=O)O)nc2)C1. The number of urea groups is 1. The van der Waals surface area contributed by atoms with Gasteiger partial charge in [-0.1, -0.05) is 0 Å². The van der Waals surface area contributed by atoms with Gasteiger partial charge in [0.1, 0.15) is 5.69 Å². The molecular formula is C14H20N4O3. The van der Waals surface area contributed by atoms with Crippen LogP contribution in [0.3, 0.4) is 0 Å². The molecule has 1 unspecified atom stereocenters. The van der Waals surface area contributed by atoms with Crippen LogP contribution in [0.1, 0.15) is 23.3 Å². The zero-order valence-electron chi connectivity index (χ0n) is 12.0. The summed E-state index contributed by atoms with van der Waals surface area (Å²) < 4.78 is 0. The predicted molar refractivity (Wildman–Crippen MR) is 78.4 cm³/mol. The van der Waals surface area contributed by atoms with Crippen LogP contribution < -0.4 is 10.6 Å². The molecule has 2 heterocycles. The molecule has 2 amide bonds. The Morgan fingerprint density at radius 3 is 2.90 bits per heavy atom. The van der Waals surface area contributed by atoms with E-state index in [-0.39, 0.29) is 11.7 Å². The molecule has 0 saturated carbocycles. The maximum atomic E-state index is 11.8. The highest BCUT2D eigenvalue weighted by Gasteiger charge is 2.17. The fourth-order valence-corrected chi connectivity index (χ4v) is 2.45. The second kappa shape index (κ2) is 7.03. The van der Waals surface area contributed by atoms with Gasteiger partial charge in [-0.15, -0.1) is 0 Å². The van der Waals surface area contributed by atoms with E-state index in [1.807, 2.05) is 0 Å². The summed E-state index contributed by atoms with van der Waals surface area (Å²) in [7, 11) is 2.09. The smallest absolute Gasteiger partial charge is 0.354 e. The zero-order valence-corrected chi connectivity index (χ0v) is 12.0. The maximum Gasteiger partial charge on any atom is 0.354 e. The van der Waals surface area contributed by atoms with Gasteiger partial charge in [0.05, 0.1) is 11.9 Å². The molecule has 0 radical (unpaired) electrons. The van der Waals surface area contributed by atoms with E-state index >= 15 is 0 Å². The number of anilines is 1. The molecule has 1 aromatic heterocycles. The molecule has 1 saturated heterocycles. The highest BCUT2D eigenvalue weighted by atomic mass is 16.4. The first-order valence-corrected chi connectivity index (χ1v) is 6.97. The molecule has 1 atom stereocenters. The molecular weight excluding hydrogens is 272 g/mol. The van der Waals surface area contributed by atoms with Crippen molar-refractivity contribution in [2.75, 3.05) is 32.0 Å². The summed E-state index contributed by atoms with van der Waals surface area (Å²) in [6, 6.07) is 2.58. The van der Waals surface area contributed by atoms with Gasteiger partial charge in [0.25, 0.3) is 0 Å². The Kier molecular flexibility index (Phi) is 5.10. The minimum absolute atomic E-state index is 0.0498. The summed E-state index contributed by atoms with van der Waals surface area (Å²) in [5.74, 6) is -0.616. The lowest BCUT2D eigenvalue weighted by atomic mass is 9.99. The van der Waals surface area contributed by atoms with Crippen LogP contribution in [0, 0.1) is 5.92 Å². The molecule has 1 aliphatic heterocycles. The van der Waals surface area contributed by atoms with Crippen molar-refractivity contribution in [1.82, 2.24) is 15.2 Å². The Morgan fingerprint density at radius 1 is 1.48 bits per heavy atom. The van der Waals surface area contributed by atoms with Crippen molar-refractivity contribution in [2.24, 2.45) is 5.92 Å². The van der Waals surface area contributed by atoms with Gasteiger partial charge in [0, 0.05) is 13.1 Å². The van der Waals surface area contributed by atoms with Gasteiger partial charge >= 0.3 is 12.0 Å². The van der Waals surface area contributed by atoms with Crippen molar-refractivity contribution < 1.29 is 14.7 Å². The number of aromatic nitrogens is 1. The number of nitrogens with zero attached hydrogens (tertiary/aromatic N) is 2. The zero-order chi connectivity index (χ0) is 15.2. The Labute approximate surface area is 123 Å². The molecule has 7 nitrogen and oxygen atoms in total. The van der Waals surface area contributed by atoms with E-state index < -0.39 is 5.97 Å². The normalized spacial score (nSPS) is 19.0. The molecule has 0 spiro atoms. The Hall–Kier alpha value is -2.15. The summed E-state index contributed by atoms with van der Waals surface area (Å²) in [4.78, 5) is 28.5.